The first kappa shape index (κ1) is 31.2. The molecule has 1 N–H and O–H groups in total. The minimum Gasteiger partial charge on any atom is -0.490 e. The molecule has 2 atom stereocenters. The Morgan fingerprint density at radius 1 is 1.05 bits per heavy atom. The maximum Gasteiger partial charge on any atom is 0.410 e. The second kappa shape index (κ2) is 12.7. The Morgan fingerprint density at radius 2 is 1.71 bits per heavy atom. The molecule has 0 radical (unpaired) electrons. The summed E-state index contributed by atoms with van der Waals surface area (Å²) in [6, 6.07) is 15.8. The van der Waals surface area contributed by atoms with E-state index in [1.165, 1.54) is 29.2 Å². The molecule has 12 heteroatoms. The van der Waals surface area contributed by atoms with Crippen molar-refractivity contribution in [3.8, 4) is 5.75 Å². The summed E-state index contributed by atoms with van der Waals surface area (Å²) >= 11 is 6.06. The minimum atomic E-state index is -4.80. The standard InChI is InChI=1S/C30H31ClF2N2O6S/c1-30(2,3)41-29(37)35-14-13-24(19-9-11-22(31)12-10-19)21(17-35)18-40-25-15-23(32)16-26(27(25)33)42(38,39)34-28(36)20-7-5-4-6-8-20/h4-12,15-16,21,24H,13-14,17-18H2,1-3H3,(H,34,36)/t21-,24-/m1/s1. The van der Waals surface area contributed by atoms with Crippen LogP contribution in [0, 0.1) is 17.6 Å². The van der Waals surface area contributed by atoms with Crippen molar-refractivity contribution in [1.82, 2.24) is 9.62 Å². The van der Waals surface area contributed by atoms with Gasteiger partial charge in [-0.25, -0.2) is 26.7 Å². The Morgan fingerprint density at radius 3 is 2.36 bits per heavy atom. The van der Waals surface area contributed by atoms with E-state index in [9.17, 15) is 22.4 Å². The number of likely N-dealkylation sites (tertiary alicyclic amines) is 1. The van der Waals surface area contributed by atoms with Gasteiger partial charge in [0.25, 0.3) is 15.9 Å². The van der Waals surface area contributed by atoms with E-state index in [1.807, 2.05) is 12.1 Å². The summed E-state index contributed by atoms with van der Waals surface area (Å²) in [7, 11) is -4.80. The largest absolute Gasteiger partial charge is 0.490 e. The summed E-state index contributed by atoms with van der Waals surface area (Å²) in [5.41, 5.74) is 0.233. The topological polar surface area (TPSA) is 102 Å². The Bertz CT molecular complexity index is 1550. The number of carbonyl (C=O) groups excluding carboxylic acids is 2. The van der Waals surface area contributed by atoms with E-state index in [4.69, 9.17) is 21.1 Å². The second-order valence-corrected chi connectivity index (χ2v) is 13.0. The molecule has 42 heavy (non-hydrogen) atoms. The van der Waals surface area contributed by atoms with Gasteiger partial charge in [-0.05, 0) is 69.0 Å². The summed E-state index contributed by atoms with van der Waals surface area (Å²) in [5.74, 6) is -4.61. The fraction of sp³-hybridized carbons (Fsp3) is 0.333. The van der Waals surface area contributed by atoms with Crippen molar-refractivity contribution in [2.45, 2.75) is 43.6 Å². The number of sulfonamides is 1. The van der Waals surface area contributed by atoms with E-state index in [0.717, 1.165) is 11.6 Å². The van der Waals surface area contributed by atoms with Gasteiger partial charge in [0.05, 0.1) is 6.61 Å². The fourth-order valence-corrected chi connectivity index (χ4v) is 5.91. The first-order valence-corrected chi connectivity index (χ1v) is 15.1. The van der Waals surface area contributed by atoms with E-state index in [1.54, 1.807) is 43.7 Å². The zero-order valence-electron chi connectivity index (χ0n) is 23.3. The zero-order chi connectivity index (χ0) is 30.7. The average Bonchev–Trinajstić information content (AvgIpc) is 2.93. The Balaban J connectivity index is 1.57. The Labute approximate surface area is 248 Å². The predicted molar refractivity (Wildman–Crippen MR) is 153 cm³/mol. The summed E-state index contributed by atoms with van der Waals surface area (Å²) in [5, 5.41) is 0.549. The molecule has 8 nitrogen and oxygen atoms in total. The highest BCUT2D eigenvalue weighted by atomic mass is 35.5. The number of piperidine rings is 1. The molecule has 1 fully saturated rings. The van der Waals surface area contributed by atoms with Crippen LogP contribution in [0.3, 0.4) is 0 Å². The molecule has 4 rings (SSSR count). The lowest BCUT2D eigenvalue weighted by Crippen LogP contribution is -2.46. The van der Waals surface area contributed by atoms with Crippen LogP contribution in [0.15, 0.2) is 71.6 Å². The van der Waals surface area contributed by atoms with Gasteiger partial charge in [0.15, 0.2) is 11.6 Å². The molecule has 0 bridgehead atoms. The molecule has 0 spiro atoms. The molecule has 0 aromatic heterocycles. The van der Waals surface area contributed by atoms with Gasteiger partial charge < -0.3 is 14.4 Å². The van der Waals surface area contributed by atoms with Crippen LogP contribution < -0.4 is 9.46 Å². The van der Waals surface area contributed by atoms with Crippen molar-refractivity contribution in [3.05, 3.63) is 94.5 Å². The van der Waals surface area contributed by atoms with Gasteiger partial charge in [-0.2, -0.15) is 0 Å². The summed E-state index contributed by atoms with van der Waals surface area (Å²) in [6.45, 7) is 5.68. The number of hydrogen-bond acceptors (Lipinski definition) is 6. The molecule has 0 unspecified atom stereocenters. The van der Waals surface area contributed by atoms with Crippen molar-refractivity contribution in [1.29, 1.82) is 0 Å². The molecule has 3 aromatic carbocycles. The van der Waals surface area contributed by atoms with E-state index in [2.05, 4.69) is 0 Å². The zero-order valence-corrected chi connectivity index (χ0v) is 24.8. The molecule has 1 aliphatic rings. The van der Waals surface area contributed by atoms with E-state index in [0.29, 0.717) is 24.1 Å². The number of benzene rings is 3. The lowest BCUT2D eigenvalue weighted by Gasteiger charge is -2.39. The van der Waals surface area contributed by atoms with E-state index < -0.39 is 55.8 Å². The van der Waals surface area contributed by atoms with Crippen molar-refractivity contribution in [3.63, 3.8) is 0 Å². The molecule has 1 heterocycles. The number of amides is 2. The SMILES string of the molecule is CC(C)(C)OC(=O)N1CC[C@H](c2ccc(Cl)cc2)[C@@H](COc2cc(F)cc(S(=O)(=O)NC(=O)c3ccccc3)c2F)C1. The van der Waals surface area contributed by atoms with Crippen molar-refractivity contribution in [2.24, 2.45) is 5.92 Å². The first-order valence-electron chi connectivity index (χ1n) is 13.2. The van der Waals surface area contributed by atoms with Gasteiger partial charge in [-0.3, -0.25) is 4.79 Å². The molecular formula is C30H31ClF2N2O6S. The van der Waals surface area contributed by atoms with Crippen LogP contribution in [0.25, 0.3) is 0 Å². The number of nitrogens with zero attached hydrogens (tertiary/aromatic N) is 1. The van der Waals surface area contributed by atoms with Crippen LogP contribution in [0.1, 0.15) is 49.0 Å². The molecule has 1 saturated heterocycles. The van der Waals surface area contributed by atoms with Crippen molar-refractivity contribution < 1.29 is 36.3 Å². The Hall–Kier alpha value is -3.70. The minimum absolute atomic E-state index is 0.0226. The van der Waals surface area contributed by atoms with Crippen molar-refractivity contribution >= 4 is 33.6 Å². The summed E-state index contributed by atoms with van der Waals surface area (Å²) < 4.78 is 68.8. The van der Waals surface area contributed by atoms with E-state index >= 15 is 4.39 Å². The van der Waals surface area contributed by atoms with E-state index in [-0.39, 0.29) is 24.6 Å². The molecule has 0 saturated carbocycles. The van der Waals surface area contributed by atoms with Crippen LogP contribution in [-0.4, -0.2) is 50.6 Å². The highest BCUT2D eigenvalue weighted by Crippen LogP contribution is 2.36. The smallest absolute Gasteiger partial charge is 0.410 e. The highest BCUT2D eigenvalue weighted by molar-refractivity contribution is 7.90. The van der Waals surface area contributed by atoms with Crippen LogP contribution in [0.5, 0.6) is 5.75 Å². The Kier molecular flexibility index (Phi) is 9.42. The predicted octanol–water partition coefficient (Wildman–Crippen LogP) is 6.16. The number of carbonyl (C=O) groups is 2. The maximum absolute atomic E-state index is 15.5. The van der Waals surface area contributed by atoms with Crippen LogP contribution in [-0.2, 0) is 14.8 Å². The maximum atomic E-state index is 15.5. The quantitative estimate of drug-likeness (QED) is 0.340. The number of ether oxygens (including phenoxy) is 2. The van der Waals surface area contributed by atoms with Gasteiger partial charge in [0, 0.05) is 35.7 Å². The lowest BCUT2D eigenvalue weighted by molar-refractivity contribution is 0.0109. The van der Waals surface area contributed by atoms with Gasteiger partial charge in [0.1, 0.15) is 16.3 Å². The third kappa shape index (κ3) is 7.77. The highest BCUT2D eigenvalue weighted by Gasteiger charge is 2.35. The van der Waals surface area contributed by atoms with Crippen molar-refractivity contribution in [2.75, 3.05) is 19.7 Å². The number of nitrogens with one attached hydrogen (secondary N) is 1. The number of halogens is 3. The molecule has 0 aliphatic carbocycles. The summed E-state index contributed by atoms with van der Waals surface area (Å²) in [4.78, 5) is 25.7. The molecule has 3 aromatic rings. The second-order valence-electron chi connectivity index (χ2n) is 11.0. The van der Waals surface area contributed by atoms with Gasteiger partial charge >= 0.3 is 6.09 Å². The van der Waals surface area contributed by atoms with Crippen LogP contribution in [0.4, 0.5) is 13.6 Å². The third-order valence-corrected chi connectivity index (χ3v) is 8.24. The third-order valence-electron chi connectivity index (χ3n) is 6.66. The molecule has 2 amide bonds. The summed E-state index contributed by atoms with van der Waals surface area (Å²) in [6.07, 6.45) is 0.0209. The van der Waals surface area contributed by atoms with Gasteiger partial charge in [-0.15, -0.1) is 0 Å². The number of hydrogen-bond donors (Lipinski definition) is 1. The normalized spacial score (nSPS) is 17.4. The molecule has 224 valence electrons. The van der Waals surface area contributed by atoms with Crippen LogP contribution in [0.2, 0.25) is 5.02 Å². The van der Waals surface area contributed by atoms with Gasteiger partial charge in [0.2, 0.25) is 0 Å². The average molecular weight is 621 g/mol. The molecule has 1 aliphatic heterocycles. The number of rotatable bonds is 7. The first-order chi connectivity index (χ1) is 19.7. The van der Waals surface area contributed by atoms with Gasteiger partial charge in [-0.1, -0.05) is 41.9 Å². The monoisotopic (exact) mass is 620 g/mol. The lowest BCUT2D eigenvalue weighted by atomic mass is 9.81. The fourth-order valence-electron chi connectivity index (χ4n) is 4.71. The molecular weight excluding hydrogens is 590 g/mol. The van der Waals surface area contributed by atoms with Crippen LogP contribution >= 0.6 is 11.6 Å².